The number of ether oxygens (including phenoxy) is 1. The largest absolute Gasteiger partial charge is 0.451 e. The minimum atomic E-state index is -1.26. The fourth-order valence-electron chi connectivity index (χ4n) is 3.34. The number of hydrogen-bond donors (Lipinski definition) is 2. The molecule has 2 aromatic rings. The van der Waals surface area contributed by atoms with E-state index in [1.807, 2.05) is 30.3 Å². The van der Waals surface area contributed by atoms with Crippen molar-refractivity contribution in [3.8, 4) is 0 Å². The Morgan fingerprint density at radius 2 is 1.68 bits per heavy atom. The summed E-state index contributed by atoms with van der Waals surface area (Å²) in [6, 6.07) is 17.7. The highest BCUT2D eigenvalue weighted by Crippen LogP contribution is 2.28. The number of esters is 1. The summed E-state index contributed by atoms with van der Waals surface area (Å²) in [5.41, 5.74) is 0.418. The van der Waals surface area contributed by atoms with Gasteiger partial charge in [0, 0.05) is 6.54 Å². The van der Waals surface area contributed by atoms with E-state index in [0.29, 0.717) is 18.5 Å². The Balaban J connectivity index is 1.51. The van der Waals surface area contributed by atoms with Gasteiger partial charge in [-0.2, -0.15) is 0 Å². The first kappa shape index (κ1) is 22.0. The molecular formula is C23H25N3O5. The average molecular weight is 423 g/mol. The first-order chi connectivity index (χ1) is 14.8. The number of imide groups is 1. The molecule has 1 saturated heterocycles. The fraction of sp³-hybridized carbons (Fsp3) is 0.304. The topological polar surface area (TPSA) is 105 Å². The number of nitrogens with one attached hydrogen (secondary N) is 2. The number of carbonyl (C=O) groups is 4. The molecule has 0 spiro atoms. The van der Waals surface area contributed by atoms with Crippen molar-refractivity contribution in [3.05, 3.63) is 71.8 Å². The number of carbonyl (C=O) groups excluding carboxylic acids is 4. The van der Waals surface area contributed by atoms with Gasteiger partial charge in [-0.15, -0.1) is 0 Å². The number of benzene rings is 2. The van der Waals surface area contributed by atoms with Crippen LogP contribution in [0.3, 0.4) is 0 Å². The predicted octanol–water partition coefficient (Wildman–Crippen LogP) is 1.74. The first-order valence-corrected chi connectivity index (χ1v) is 10.0. The maximum atomic E-state index is 12.8. The summed E-state index contributed by atoms with van der Waals surface area (Å²) >= 11 is 0. The van der Waals surface area contributed by atoms with Crippen molar-refractivity contribution >= 4 is 23.8 Å². The van der Waals surface area contributed by atoms with E-state index in [1.165, 1.54) is 6.92 Å². The van der Waals surface area contributed by atoms with Crippen LogP contribution in [0, 0.1) is 0 Å². The van der Waals surface area contributed by atoms with Gasteiger partial charge in [-0.05, 0) is 31.4 Å². The molecule has 8 nitrogen and oxygen atoms in total. The molecule has 0 radical (unpaired) electrons. The molecule has 0 aromatic heterocycles. The molecule has 0 unspecified atom stereocenters. The average Bonchev–Trinajstić information content (AvgIpc) is 2.99. The molecule has 0 saturated carbocycles. The highest BCUT2D eigenvalue weighted by atomic mass is 16.5. The van der Waals surface area contributed by atoms with Gasteiger partial charge in [0.1, 0.15) is 12.1 Å². The van der Waals surface area contributed by atoms with E-state index >= 15 is 0 Å². The van der Waals surface area contributed by atoms with Crippen LogP contribution in [0.1, 0.15) is 25.0 Å². The lowest BCUT2D eigenvalue weighted by Gasteiger charge is -2.22. The molecule has 1 fully saturated rings. The third kappa shape index (κ3) is 5.09. The van der Waals surface area contributed by atoms with E-state index in [0.717, 1.165) is 10.5 Å². The number of nitrogens with zero attached hydrogens (tertiary/aromatic N) is 1. The Labute approximate surface area is 180 Å². The summed E-state index contributed by atoms with van der Waals surface area (Å²) in [5.74, 6) is -1.84. The molecule has 1 aliphatic rings. The van der Waals surface area contributed by atoms with E-state index in [-0.39, 0.29) is 0 Å². The van der Waals surface area contributed by atoms with Gasteiger partial charge in [-0.3, -0.25) is 19.3 Å². The predicted molar refractivity (Wildman–Crippen MR) is 113 cm³/mol. The second-order valence-electron chi connectivity index (χ2n) is 7.47. The van der Waals surface area contributed by atoms with Crippen LogP contribution in [0.4, 0.5) is 4.79 Å². The summed E-state index contributed by atoms with van der Waals surface area (Å²) < 4.78 is 5.12. The zero-order chi connectivity index (χ0) is 22.4. The van der Waals surface area contributed by atoms with E-state index in [4.69, 9.17) is 4.74 Å². The van der Waals surface area contributed by atoms with Gasteiger partial charge in [0.05, 0.1) is 0 Å². The Morgan fingerprint density at radius 3 is 2.32 bits per heavy atom. The van der Waals surface area contributed by atoms with Gasteiger partial charge in [0.15, 0.2) is 6.10 Å². The maximum absolute atomic E-state index is 12.8. The van der Waals surface area contributed by atoms with Crippen molar-refractivity contribution in [2.45, 2.75) is 31.9 Å². The van der Waals surface area contributed by atoms with Crippen LogP contribution >= 0.6 is 0 Å². The second kappa shape index (κ2) is 9.42. The van der Waals surface area contributed by atoms with Crippen molar-refractivity contribution < 1.29 is 23.9 Å². The summed E-state index contributed by atoms with van der Waals surface area (Å²) in [6.45, 7) is 2.84. The summed E-state index contributed by atoms with van der Waals surface area (Å²) in [6.07, 6.45) is -0.405. The van der Waals surface area contributed by atoms with E-state index < -0.39 is 42.0 Å². The highest BCUT2D eigenvalue weighted by molar-refractivity contribution is 6.08. The van der Waals surface area contributed by atoms with Crippen LogP contribution in [-0.2, 0) is 31.1 Å². The van der Waals surface area contributed by atoms with Gasteiger partial charge in [-0.1, -0.05) is 60.7 Å². The van der Waals surface area contributed by atoms with Crippen molar-refractivity contribution in [3.63, 3.8) is 0 Å². The van der Waals surface area contributed by atoms with Crippen molar-refractivity contribution in [2.24, 2.45) is 0 Å². The monoisotopic (exact) mass is 423 g/mol. The molecule has 31 heavy (non-hydrogen) atoms. The van der Waals surface area contributed by atoms with E-state index in [2.05, 4.69) is 10.6 Å². The molecule has 8 heteroatoms. The Kier molecular flexibility index (Phi) is 6.69. The standard InChI is InChI=1S/C23H25N3O5/c1-16(20(28)24-14-13-17-9-5-3-6-10-17)31-19(27)15-26-21(29)23(2,25-22(26)30)18-11-7-4-8-12-18/h3-12,16H,13-15H2,1-2H3,(H,24,28)(H,25,30)/t16-,23-/m0/s1. The van der Waals surface area contributed by atoms with Crippen molar-refractivity contribution in [1.29, 1.82) is 0 Å². The Bertz CT molecular complexity index is 964. The molecule has 1 heterocycles. The smallest absolute Gasteiger partial charge is 0.327 e. The fourth-order valence-corrected chi connectivity index (χ4v) is 3.34. The number of rotatable bonds is 8. The van der Waals surface area contributed by atoms with Crippen LogP contribution in [-0.4, -0.2) is 47.9 Å². The third-order valence-corrected chi connectivity index (χ3v) is 5.15. The van der Waals surface area contributed by atoms with Crippen LogP contribution in [0.25, 0.3) is 0 Å². The number of urea groups is 1. The Hall–Kier alpha value is -3.68. The molecule has 2 atom stereocenters. The van der Waals surface area contributed by atoms with Gasteiger partial charge in [0.2, 0.25) is 0 Å². The van der Waals surface area contributed by atoms with Crippen molar-refractivity contribution in [2.75, 3.05) is 13.1 Å². The molecule has 2 N–H and O–H groups in total. The van der Waals surface area contributed by atoms with Crippen LogP contribution < -0.4 is 10.6 Å². The normalized spacial score (nSPS) is 19.0. The molecule has 1 aliphatic heterocycles. The minimum Gasteiger partial charge on any atom is -0.451 e. The number of amides is 4. The van der Waals surface area contributed by atoms with Gasteiger partial charge >= 0.3 is 12.0 Å². The molecule has 2 aromatic carbocycles. The first-order valence-electron chi connectivity index (χ1n) is 10.0. The zero-order valence-corrected chi connectivity index (χ0v) is 17.5. The molecular weight excluding hydrogens is 398 g/mol. The lowest BCUT2D eigenvalue weighted by molar-refractivity contribution is -0.156. The van der Waals surface area contributed by atoms with Gasteiger partial charge in [0.25, 0.3) is 11.8 Å². The molecule has 0 aliphatic carbocycles. The Morgan fingerprint density at radius 1 is 1.06 bits per heavy atom. The lowest BCUT2D eigenvalue weighted by atomic mass is 9.92. The summed E-state index contributed by atoms with van der Waals surface area (Å²) in [4.78, 5) is 50.4. The molecule has 4 amide bonds. The third-order valence-electron chi connectivity index (χ3n) is 5.15. The van der Waals surface area contributed by atoms with Crippen LogP contribution in [0.2, 0.25) is 0 Å². The summed E-state index contributed by atoms with van der Waals surface area (Å²) in [7, 11) is 0. The zero-order valence-electron chi connectivity index (χ0n) is 17.5. The number of hydrogen-bond acceptors (Lipinski definition) is 5. The van der Waals surface area contributed by atoms with Crippen LogP contribution in [0.15, 0.2) is 60.7 Å². The SMILES string of the molecule is C[C@H](OC(=O)CN1C(=O)N[C@@](C)(c2ccccc2)C1=O)C(=O)NCCc1ccccc1. The minimum absolute atomic E-state index is 0.396. The molecule has 162 valence electrons. The van der Waals surface area contributed by atoms with Crippen molar-refractivity contribution in [1.82, 2.24) is 15.5 Å². The van der Waals surface area contributed by atoms with E-state index in [1.54, 1.807) is 37.3 Å². The van der Waals surface area contributed by atoms with Gasteiger partial charge in [-0.25, -0.2) is 4.79 Å². The summed E-state index contributed by atoms with van der Waals surface area (Å²) in [5, 5.41) is 5.33. The molecule has 3 rings (SSSR count). The van der Waals surface area contributed by atoms with Gasteiger partial charge < -0.3 is 15.4 Å². The maximum Gasteiger partial charge on any atom is 0.327 e. The van der Waals surface area contributed by atoms with Crippen LogP contribution in [0.5, 0.6) is 0 Å². The molecule has 0 bridgehead atoms. The second-order valence-corrected chi connectivity index (χ2v) is 7.47. The quantitative estimate of drug-likeness (QED) is 0.497. The highest BCUT2D eigenvalue weighted by Gasteiger charge is 2.49. The van der Waals surface area contributed by atoms with E-state index in [9.17, 15) is 19.2 Å². The lowest BCUT2D eigenvalue weighted by Crippen LogP contribution is -2.43.